The maximum atomic E-state index is 11.1. The first-order chi connectivity index (χ1) is 8.70. The van der Waals surface area contributed by atoms with Gasteiger partial charge in [0, 0.05) is 6.92 Å². The van der Waals surface area contributed by atoms with Gasteiger partial charge in [-0.05, 0) is 28.8 Å². The molecule has 0 saturated carbocycles. The fourth-order valence-corrected chi connectivity index (χ4v) is 2.16. The fraction of sp³-hybridized carbons (Fsp3) is 0.312. The Kier molecular flexibility index (Phi) is 3.98. The second kappa shape index (κ2) is 5.67. The lowest BCUT2D eigenvalue weighted by Crippen LogP contribution is -2.08. The highest BCUT2D eigenvalue weighted by atomic mass is 16.5. The normalized spacial score (nSPS) is 12.3. The van der Waals surface area contributed by atoms with Crippen LogP contribution in [-0.2, 0) is 9.53 Å². The van der Waals surface area contributed by atoms with Crippen LogP contribution in [-0.4, -0.2) is 5.97 Å². The first kappa shape index (κ1) is 12.6. The number of hydrogen-bond donors (Lipinski definition) is 0. The van der Waals surface area contributed by atoms with Gasteiger partial charge in [0.05, 0.1) is 0 Å². The van der Waals surface area contributed by atoms with Gasteiger partial charge in [-0.1, -0.05) is 49.7 Å². The zero-order chi connectivity index (χ0) is 13.0. The molecule has 2 nitrogen and oxygen atoms in total. The van der Waals surface area contributed by atoms with E-state index in [1.54, 1.807) is 0 Å². The molecule has 0 amide bonds. The average Bonchev–Trinajstić information content (AvgIpc) is 2.37. The van der Waals surface area contributed by atoms with Crippen LogP contribution in [0.15, 0.2) is 42.5 Å². The number of carbonyl (C=O) groups is 1. The van der Waals surface area contributed by atoms with Gasteiger partial charge < -0.3 is 4.74 Å². The molecule has 94 valence electrons. The van der Waals surface area contributed by atoms with Gasteiger partial charge in [0.2, 0.25) is 0 Å². The second-order valence-electron chi connectivity index (χ2n) is 4.49. The summed E-state index contributed by atoms with van der Waals surface area (Å²) in [6.07, 6.45) is 1.72. The third kappa shape index (κ3) is 2.89. The number of benzene rings is 2. The fourth-order valence-electron chi connectivity index (χ4n) is 2.16. The molecule has 1 unspecified atom stereocenters. The van der Waals surface area contributed by atoms with Gasteiger partial charge in [0.15, 0.2) is 0 Å². The van der Waals surface area contributed by atoms with Crippen molar-refractivity contribution in [3.8, 4) is 0 Å². The van der Waals surface area contributed by atoms with Crippen molar-refractivity contribution in [2.24, 2.45) is 0 Å². The minimum Gasteiger partial charge on any atom is -0.458 e. The lowest BCUT2D eigenvalue weighted by Gasteiger charge is -2.17. The first-order valence-corrected chi connectivity index (χ1v) is 6.36. The lowest BCUT2D eigenvalue weighted by molar-refractivity contribution is -0.147. The van der Waals surface area contributed by atoms with Gasteiger partial charge in [0.1, 0.15) is 6.10 Å². The van der Waals surface area contributed by atoms with E-state index in [9.17, 15) is 4.79 Å². The van der Waals surface area contributed by atoms with Crippen LogP contribution in [0.5, 0.6) is 0 Å². The summed E-state index contributed by atoms with van der Waals surface area (Å²) in [6.45, 7) is 3.56. The lowest BCUT2D eigenvalue weighted by atomic mass is 10.0. The number of esters is 1. The molecule has 2 heteroatoms. The molecule has 1 atom stereocenters. The Labute approximate surface area is 108 Å². The summed E-state index contributed by atoms with van der Waals surface area (Å²) >= 11 is 0. The van der Waals surface area contributed by atoms with Gasteiger partial charge in [-0.3, -0.25) is 4.79 Å². The Hall–Kier alpha value is -1.83. The topological polar surface area (TPSA) is 26.3 Å². The minimum atomic E-state index is -0.221. The largest absolute Gasteiger partial charge is 0.458 e. The molecule has 18 heavy (non-hydrogen) atoms. The predicted molar refractivity (Wildman–Crippen MR) is 73.4 cm³/mol. The van der Waals surface area contributed by atoms with Crippen LogP contribution in [0.4, 0.5) is 0 Å². The first-order valence-electron chi connectivity index (χ1n) is 6.36. The standard InChI is InChI=1S/C16H18O2/c1-3-6-16(18-12(2)17)15-10-9-13-7-4-5-8-14(13)11-15/h4-5,7-11,16H,3,6H2,1-2H3. The zero-order valence-electron chi connectivity index (χ0n) is 10.8. The van der Waals surface area contributed by atoms with E-state index < -0.39 is 0 Å². The molecule has 0 saturated heterocycles. The Bertz CT molecular complexity index is 546. The summed E-state index contributed by atoms with van der Waals surface area (Å²) in [6, 6.07) is 14.4. The third-order valence-electron chi connectivity index (χ3n) is 3.00. The van der Waals surface area contributed by atoms with Crippen molar-refractivity contribution in [2.45, 2.75) is 32.8 Å². The quantitative estimate of drug-likeness (QED) is 0.749. The van der Waals surface area contributed by atoms with Crippen LogP contribution in [0.2, 0.25) is 0 Å². The van der Waals surface area contributed by atoms with E-state index in [2.05, 4.69) is 31.2 Å². The molecule has 0 aromatic heterocycles. The summed E-state index contributed by atoms with van der Waals surface area (Å²) < 4.78 is 5.39. The van der Waals surface area contributed by atoms with Crippen molar-refractivity contribution in [1.82, 2.24) is 0 Å². The van der Waals surface area contributed by atoms with Gasteiger partial charge >= 0.3 is 5.97 Å². The minimum absolute atomic E-state index is 0.128. The van der Waals surface area contributed by atoms with E-state index in [0.717, 1.165) is 18.4 Å². The number of fused-ring (bicyclic) bond motifs is 1. The van der Waals surface area contributed by atoms with Crippen LogP contribution in [0.25, 0.3) is 10.8 Å². The molecular weight excluding hydrogens is 224 g/mol. The monoisotopic (exact) mass is 242 g/mol. The van der Waals surface area contributed by atoms with Gasteiger partial charge in [0.25, 0.3) is 0 Å². The molecule has 0 radical (unpaired) electrons. The number of hydrogen-bond acceptors (Lipinski definition) is 2. The predicted octanol–water partition coefficient (Wildman–Crippen LogP) is 4.24. The Morgan fingerprint density at radius 3 is 2.56 bits per heavy atom. The van der Waals surface area contributed by atoms with Gasteiger partial charge in [-0.2, -0.15) is 0 Å². The molecule has 0 bridgehead atoms. The molecule has 2 aromatic rings. The maximum absolute atomic E-state index is 11.1. The molecule has 0 N–H and O–H groups in total. The third-order valence-corrected chi connectivity index (χ3v) is 3.00. The van der Waals surface area contributed by atoms with Crippen molar-refractivity contribution in [3.05, 3.63) is 48.0 Å². The Morgan fingerprint density at radius 2 is 1.89 bits per heavy atom. The summed E-state index contributed by atoms with van der Waals surface area (Å²) in [4.78, 5) is 11.1. The smallest absolute Gasteiger partial charge is 0.303 e. The van der Waals surface area contributed by atoms with Crippen molar-refractivity contribution in [2.75, 3.05) is 0 Å². The molecule has 0 spiro atoms. The highest BCUT2D eigenvalue weighted by Crippen LogP contribution is 2.26. The average molecular weight is 242 g/mol. The zero-order valence-corrected chi connectivity index (χ0v) is 10.8. The van der Waals surface area contributed by atoms with E-state index in [1.165, 1.54) is 17.7 Å². The number of rotatable bonds is 4. The van der Waals surface area contributed by atoms with E-state index >= 15 is 0 Å². The number of ether oxygens (including phenoxy) is 1. The molecule has 0 aliphatic heterocycles. The summed E-state index contributed by atoms with van der Waals surface area (Å²) in [7, 11) is 0. The highest BCUT2D eigenvalue weighted by Gasteiger charge is 2.13. The molecule has 2 rings (SSSR count). The maximum Gasteiger partial charge on any atom is 0.303 e. The van der Waals surface area contributed by atoms with Gasteiger partial charge in [-0.15, -0.1) is 0 Å². The van der Waals surface area contributed by atoms with Crippen molar-refractivity contribution in [1.29, 1.82) is 0 Å². The van der Waals surface area contributed by atoms with E-state index in [0.29, 0.717) is 0 Å². The molecule has 0 aliphatic rings. The molecule has 0 heterocycles. The van der Waals surface area contributed by atoms with E-state index in [-0.39, 0.29) is 12.1 Å². The van der Waals surface area contributed by atoms with Crippen molar-refractivity contribution in [3.63, 3.8) is 0 Å². The van der Waals surface area contributed by atoms with Crippen LogP contribution >= 0.6 is 0 Å². The Balaban J connectivity index is 2.34. The second-order valence-corrected chi connectivity index (χ2v) is 4.49. The van der Waals surface area contributed by atoms with Crippen LogP contribution in [0, 0.1) is 0 Å². The van der Waals surface area contributed by atoms with E-state index in [4.69, 9.17) is 4.74 Å². The molecule has 2 aromatic carbocycles. The number of carbonyl (C=O) groups excluding carboxylic acids is 1. The van der Waals surface area contributed by atoms with Crippen molar-refractivity contribution < 1.29 is 9.53 Å². The highest BCUT2D eigenvalue weighted by molar-refractivity contribution is 5.83. The SMILES string of the molecule is CCCC(OC(C)=O)c1ccc2ccccc2c1. The molecular formula is C16H18O2. The van der Waals surface area contributed by atoms with E-state index in [1.807, 2.05) is 18.2 Å². The summed E-state index contributed by atoms with van der Waals surface area (Å²) in [5, 5.41) is 2.39. The van der Waals surface area contributed by atoms with Crippen LogP contribution in [0.1, 0.15) is 38.4 Å². The summed E-state index contributed by atoms with van der Waals surface area (Å²) in [5.41, 5.74) is 1.07. The van der Waals surface area contributed by atoms with Gasteiger partial charge in [-0.25, -0.2) is 0 Å². The molecule has 0 aliphatic carbocycles. The summed E-state index contributed by atoms with van der Waals surface area (Å²) in [5.74, 6) is -0.221. The van der Waals surface area contributed by atoms with Crippen LogP contribution < -0.4 is 0 Å². The Morgan fingerprint density at radius 1 is 1.17 bits per heavy atom. The molecule has 0 fully saturated rings. The van der Waals surface area contributed by atoms with Crippen molar-refractivity contribution >= 4 is 16.7 Å². The van der Waals surface area contributed by atoms with Crippen LogP contribution in [0.3, 0.4) is 0 Å².